The van der Waals surface area contributed by atoms with Gasteiger partial charge in [0, 0.05) is 6.42 Å². The molecule has 3 unspecified atom stereocenters. The van der Waals surface area contributed by atoms with Gasteiger partial charge >= 0.3 is 11.9 Å². The topological polar surface area (TPSA) is 63.6 Å². The van der Waals surface area contributed by atoms with Crippen molar-refractivity contribution >= 4 is 11.9 Å². The quantitative estimate of drug-likeness (QED) is 0.443. The Labute approximate surface area is 188 Å². The largest absolute Gasteiger partial charge is 0.481 e. The maximum atomic E-state index is 11.9. The Morgan fingerprint density at radius 1 is 1.32 bits per heavy atom. The van der Waals surface area contributed by atoms with Crippen LogP contribution in [0.2, 0.25) is 0 Å². The van der Waals surface area contributed by atoms with Crippen molar-refractivity contribution in [3.8, 4) is 0 Å². The highest BCUT2D eigenvalue weighted by Gasteiger charge is 2.41. The first-order chi connectivity index (χ1) is 14.6. The van der Waals surface area contributed by atoms with Gasteiger partial charge < -0.3 is 9.84 Å². The van der Waals surface area contributed by atoms with Crippen LogP contribution in [-0.4, -0.2) is 22.6 Å². The average Bonchev–Trinajstić information content (AvgIpc) is 2.70. The molecule has 31 heavy (non-hydrogen) atoms. The molecule has 0 bridgehead atoms. The van der Waals surface area contributed by atoms with Gasteiger partial charge in [0.05, 0.1) is 5.41 Å². The van der Waals surface area contributed by atoms with Gasteiger partial charge in [0.15, 0.2) is 0 Å². The number of ether oxygens (including phenoxy) is 1. The van der Waals surface area contributed by atoms with Crippen LogP contribution < -0.4 is 0 Å². The van der Waals surface area contributed by atoms with Crippen molar-refractivity contribution in [2.24, 2.45) is 35.0 Å². The summed E-state index contributed by atoms with van der Waals surface area (Å²) in [7, 11) is 0. The number of rotatable bonds is 8. The van der Waals surface area contributed by atoms with Crippen molar-refractivity contribution in [3.63, 3.8) is 0 Å². The highest BCUT2D eigenvalue weighted by Crippen LogP contribution is 2.48. The lowest BCUT2D eigenvalue weighted by Crippen LogP contribution is -2.37. The van der Waals surface area contributed by atoms with Gasteiger partial charge in [0.25, 0.3) is 0 Å². The van der Waals surface area contributed by atoms with E-state index >= 15 is 0 Å². The highest BCUT2D eigenvalue weighted by atomic mass is 16.6. The van der Waals surface area contributed by atoms with E-state index in [4.69, 9.17) is 4.74 Å². The molecule has 7 atom stereocenters. The summed E-state index contributed by atoms with van der Waals surface area (Å²) < 4.78 is 5.70. The zero-order valence-electron chi connectivity index (χ0n) is 20.2. The number of hydrogen-bond acceptors (Lipinski definition) is 3. The molecule has 0 aromatic carbocycles. The lowest BCUT2D eigenvalue weighted by molar-refractivity contribution is -0.166. The van der Waals surface area contributed by atoms with Crippen LogP contribution in [-0.2, 0) is 14.3 Å². The predicted octanol–water partition coefficient (Wildman–Crippen LogP) is 6.55. The molecule has 3 aliphatic rings. The molecule has 2 aliphatic carbocycles. The Bertz CT molecular complexity index is 738. The molecule has 3 rings (SSSR count). The molecule has 0 aromatic heterocycles. The summed E-state index contributed by atoms with van der Waals surface area (Å²) in [4.78, 5) is 23.7. The van der Waals surface area contributed by atoms with Gasteiger partial charge in [-0.3, -0.25) is 9.59 Å². The molecule has 1 aliphatic heterocycles. The number of carbonyl (C=O) groups is 2. The van der Waals surface area contributed by atoms with Crippen molar-refractivity contribution in [1.29, 1.82) is 0 Å². The van der Waals surface area contributed by atoms with E-state index in [0.717, 1.165) is 44.9 Å². The first kappa shape index (κ1) is 24.1. The van der Waals surface area contributed by atoms with E-state index in [2.05, 4.69) is 39.0 Å². The standard InChI is InChI=1S/C27H42O4/c1-6-26(4,25(29)30)17-21-16-23-20(15-19(21)3)12-11-18(2)22(23)9-7-13-27(5)14-8-10-24(28)31-27/h11-12,15,18-19,21-23H,6-10,13-14,16-17H2,1-5H3,(H,29,30)/t18-,19-,21?,22-,23?,26?,27-/m0/s1. The zero-order chi connectivity index (χ0) is 22.8. The third-order valence-electron chi connectivity index (χ3n) is 8.67. The van der Waals surface area contributed by atoms with Crippen molar-refractivity contribution < 1.29 is 19.4 Å². The van der Waals surface area contributed by atoms with Gasteiger partial charge in [-0.05, 0) is 100 Å². The predicted molar refractivity (Wildman–Crippen MR) is 123 cm³/mol. The maximum Gasteiger partial charge on any atom is 0.309 e. The molecule has 0 amide bonds. The van der Waals surface area contributed by atoms with Gasteiger partial charge in [0.2, 0.25) is 0 Å². The van der Waals surface area contributed by atoms with E-state index in [1.807, 2.05) is 13.8 Å². The summed E-state index contributed by atoms with van der Waals surface area (Å²) in [6.07, 6.45) is 15.2. The number of carbonyl (C=O) groups excluding carboxylic acids is 1. The second kappa shape index (κ2) is 9.50. The van der Waals surface area contributed by atoms with E-state index in [0.29, 0.717) is 42.4 Å². The average molecular weight is 431 g/mol. The van der Waals surface area contributed by atoms with Gasteiger partial charge in [-0.25, -0.2) is 0 Å². The summed E-state index contributed by atoms with van der Waals surface area (Å²) in [6, 6.07) is 0. The molecule has 0 radical (unpaired) electrons. The summed E-state index contributed by atoms with van der Waals surface area (Å²) in [5, 5.41) is 9.80. The number of allylic oxidation sites excluding steroid dienone is 4. The Balaban J connectivity index is 1.68. The van der Waals surface area contributed by atoms with Crippen molar-refractivity contribution in [1.82, 2.24) is 0 Å². The van der Waals surface area contributed by atoms with E-state index in [9.17, 15) is 14.7 Å². The van der Waals surface area contributed by atoms with Crippen LogP contribution in [0.5, 0.6) is 0 Å². The van der Waals surface area contributed by atoms with Gasteiger partial charge in [0.1, 0.15) is 5.60 Å². The molecule has 0 saturated carbocycles. The van der Waals surface area contributed by atoms with Crippen LogP contribution in [0.25, 0.3) is 0 Å². The van der Waals surface area contributed by atoms with Crippen molar-refractivity contribution in [2.75, 3.05) is 0 Å². The lowest BCUT2D eigenvalue weighted by Gasteiger charge is -2.44. The third-order valence-corrected chi connectivity index (χ3v) is 8.67. The molecule has 1 saturated heterocycles. The molecule has 1 N–H and O–H groups in total. The van der Waals surface area contributed by atoms with E-state index in [1.165, 1.54) is 5.57 Å². The minimum absolute atomic E-state index is 0.0468. The Morgan fingerprint density at radius 2 is 2.06 bits per heavy atom. The fourth-order valence-corrected chi connectivity index (χ4v) is 6.18. The van der Waals surface area contributed by atoms with Crippen LogP contribution in [0.3, 0.4) is 0 Å². The van der Waals surface area contributed by atoms with Gasteiger partial charge in [-0.15, -0.1) is 0 Å². The zero-order valence-corrected chi connectivity index (χ0v) is 20.2. The molecule has 4 nitrogen and oxygen atoms in total. The molecule has 4 heteroatoms. The maximum absolute atomic E-state index is 11.9. The molecular weight excluding hydrogens is 388 g/mol. The van der Waals surface area contributed by atoms with Crippen molar-refractivity contribution in [3.05, 3.63) is 23.8 Å². The smallest absolute Gasteiger partial charge is 0.309 e. The number of carboxylic acid groups (broad SMARTS) is 1. The van der Waals surface area contributed by atoms with Crippen LogP contribution >= 0.6 is 0 Å². The van der Waals surface area contributed by atoms with E-state index < -0.39 is 11.4 Å². The molecule has 0 spiro atoms. The second-order valence-corrected chi connectivity index (χ2v) is 11.1. The molecular formula is C27H42O4. The number of cyclic esters (lactones) is 1. The molecule has 1 heterocycles. The van der Waals surface area contributed by atoms with Gasteiger partial charge in [-0.2, -0.15) is 0 Å². The summed E-state index contributed by atoms with van der Waals surface area (Å²) in [5.74, 6) is 1.72. The normalized spacial score (nSPS) is 37.4. The first-order valence-corrected chi connectivity index (χ1v) is 12.4. The first-order valence-electron chi connectivity index (χ1n) is 12.4. The number of carboxylic acids is 1. The second-order valence-electron chi connectivity index (χ2n) is 11.1. The highest BCUT2D eigenvalue weighted by molar-refractivity contribution is 5.74. The van der Waals surface area contributed by atoms with Crippen molar-refractivity contribution in [2.45, 2.75) is 98.0 Å². The summed E-state index contributed by atoms with van der Waals surface area (Å²) >= 11 is 0. The molecule has 0 aromatic rings. The summed E-state index contributed by atoms with van der Waals surface area (Å²) in [6.45, 7) is 10.6. The monoisotopic (exact) mass is 430 g/mol. The fourth-order valence-electron chi connectivity index (χ4n) is 6.18. The van der Waals surface area contributed by atoms with E-state index in [1.54, 1.807) is 0 Å². The third kappa shape index (κ3) is 5.43. The molecule has 174 valence electrons. The SMILES string of the molecule is CCC(C)(CC1CC2C(=C[C@@H]1C)C=C[C@H](C)[C@@H]2CCC[C@@]1(C)CCCC(=O)O1)C(=O)O. The number of esters is 1. The number of fused-ring (bicyclic) bond motifs is 1. The lowest BCUT2D eigenvalue weighted by atomic mass is 9.61. The minimum atomic E-state index is -0.666. The van der Waals surface area contributed by atoms with Crippen LogP contribution in [0.1, 0.15) is 92.4 Å². The van der Waals surface area contributed by atoms with Crippen LogP contribution in [0.15, 0.2) is 23.8 Å². The number of hydrogen-bond donors (Lipinski definition) is 1. The Morgan fingerprint density at radius 3 is 2.71 bits per heavy atom. The van der Waals surface area contributed by atoms with E-state index in [-0.39, 0.29) is 11.6 Å². The number of aliphatic carboxylic acids is 1. The fraction of sp³-hybridized carbons (Fsp3) is 0.778. The Kier molecular flexibility index (Phi) is 7.38. The van der Waals surface area contributed by atoms with Gasteiger partial charge in [-0.1, -0.05) is 39.0 Å². The molecule has 1 fully saturated rings. The minimum Gasteiger partial charge on any atom is -0.481 e. The summed E-state index contributed by atoms with van der Waals surface area (Å²) in [5.41, 5.74) is 0.515. The Hall–Kier alpha value is -1.58. The van der Waals surface area contributed by atoms with Crippen LogP contribution in [0.4, 0.5) is 0 Å². The van der Waals surface area contributed by atoms with Crippen LogP contribution in [0, 0.1) is 35.0 Å².